The second-order valence-electron chi connectivity index (χ2n) is 4.09. The Bertz CT molecular complexity index is 499. The van der Waals surface area contributed by atoms with Crippen LogP contribution in [0.15, 0.2) is 41.9 Å². The van der Waals surface area contributed by atoms with Gasteiger partial charge in [-0.25, -0.2) is 0 Å². The number of aromatic nitrogens is 1. The van der Waals surface area contributed by atoms with Crippen LogP contribution >= 0.6 is 11.3 Å². The molecule has 0 saturated heterocycles. The first-order valence-electron chi connectivity index (χ1n) is 6.01. The van der Waals surface area contributed by atoms with E-state index in [1.54, 1.807) is 24.6 Å². The largest absolute Gasteiger partial charge is 0.382 e. The molecule has 19 heavy (non-hydrogen) atoms. The van der Waals surface area contributed by atoms with Gasteiger partial charge >= 0.3 is 0 Å². The molecule has 2 rings (SSSR count). The number of methoxy groups -OCH3 is 1. The third kappa shape index (κ3) is 4.15. The van der Waals surface area contributed by atoms with Gasteiger partial charge in [-0.05, 0) is 23.6 Å². The highest BCUT2D eigenvalue weighted by Gasteiger charge is 2.15. The van der Waals surface area contributed by atoms with Gasteiger partial charge in [0.15, 0.2) is 0 Å². The van der Waals surface area contributed by atoms with Crippen molar-refractivity contribution in [2.45, 2.75) is 12.5 Å². The molecular weight excluding hydrogens is 260 g/mol. The fourth-order valence-electron chi connectivity index (χ4n) is 1.77. The summed E-state index contributed by atoms with van der Waals surface area (Å²) in [6, 6.07) is 9.32. The third-order valence-corrected chi connectivity index (χ3v) is 3.50. The highest BCUT2D eigenvalue weighted by molar-refractivity contribution is 7.10. The molecular formula is C14H16N2O2S. The Labute approximate surface area is 116 Å². The molecule has 1 amide bonds. The molecule has 4 nitrogen and oxygen atoms in total. The Morgan fingerprint density at radius 3 is 2.95 bits per heavy atom. The summed E-state index contributed by atoms with van der Waals surface area (Å²) in [6.45, 7) is 0.410. The van der Waals surface area contributed by atoms with Crippen molar-refractivity contribution in [3.8, 4) is 0 Å². The molecule has 0 aliphatic carbocycles. The summed E-state index contributed by atoms with van der Waals surface area (Å²) in [5.41, 5.74) is 0.809. The van der Waals surface area contributed by atoms with Crippen LogP contribution in [0.2, 0.25) is 0 Å². The van der Waals surface area contributed by atoms with Crippen molar-refractivity contribution in [1.82, 2.24) is 10.3 Å². The number of hydrogen-bond donors (Lipinski definition) is 1. The van der Waals surface area contributed by atoms with Crippen LogP contribution in [-0.2, 0) is 16.0 Å². The van der Waals surface area contributed by atoms with Crippen molar-refractivity contribution in [3.63, 3.8) is 0 Å². The lowest BCUT2D eigenvalue weighted by molar-refractivity contribution is -0.121. The van der Waals surface area contributed by atoms with Gasteiger partial charge in [-0.3, -0.25) is 9.78 Å². The maximum absolute atomic E-state index is 12.0. The maximum atomic E-state index is 12.0. The summed E-state index contributed by atoms with van der Waals surface area (Å²) >= 11 is 1.58. The standard InChI is InChI=1S/C14H16N2O2S/c1-18-10-13(12-6-2-3-7-15-12)16-14(17)9-11-5-4-8-19-11/h2-8,13H,9-10H2,1H3,(H,16,17)/t13-/m0/s1. The fraction of sp³-hybridized carbons (Fsp3) is 0.286. The summed E-state index contributed by atoms with van der Waals surface area (Å²) in [6.07, 6.45) is 2.11. The first-order valence-corrected chi connectivity index (χ1v) is 6.89. The van der Waals surface area contributed by atoms with Gasteiger partial charge in [0.25, 0.3) is 0 Å². The highest BCUT2D eigenvalue weighted by atomic mass is 32.1. The molecule has 5 heteroatoms. The third-order valence-electron chi connectivity index (χ3n) is 2.63. The van der Waals surface area contributed by atoms with Gasteiger partial charge in [-0.2, -0.15) is 0 Å². The number of carbonyl (C=O) groups is 1. The Morgan fingerprint density at radius 2 is 2.32 bits per heavy atom. The Balaban J connectivity index is 1.98. The molecule has 0 radical (unpaired) electrons. The van der Waals surface area contributed by atoms with Crippen LogP contribution in [-0.4, -0.2) is 24.6 Å². The minimum absolute atomic E-state index is 0.0184. The summed E-state index contributed by atoms with van der Waals surface area (Å²) in [4.78, 5) is 17.3. The minimum atomic E-state index is -0.210. The van der Waals surface area contributed by atoms with E-state index in [1.807, 2.05) is 35.7 Å². The van der Waals surface area contributed by atoms with Crippen LogP contribution in [0.5, 0.6) is 0 Å². The van der Waals surface area contributed by atoms with Crippen molar-refractivity contribution in [2.75, 3.05) is 13.7 Å². The zero-order valence-corrected chi connectivity index (χ0v) is 11.5. The Hall–Kier alpha value is -1.72. The van der Waals surface area contributed by atoms with Crippen molar-refractivity contribution in [3.05, 3.63) is 52.5 Å². The molecule has 2 heterocycles. The normalized spacial score (nSPS) is 12.1. The average Bonchev–Trinajstić information content (AvgIpc) is 2.92. The lowest BCUT2D eigenvalue weighted by Gasteiger charge is -2.17. The predicted octanol–water partition coefficient (Wildman–Crippen LogP) is 2.19. The number of thiophene rings is 1. The molecule has 1 N–H and O–H groups in total. The fourth-order valence-corrected chi connectivity index (χ4v) is 2.47. The Morgan fingerprint density at radius 1 is 1.42 bits per heavy atom. The molecule has 0 aliphatic rings. The smallest absolute Gasteiger partial charge is 0.225 e. The monoisotopic (exact) mass is 276 g/mol. The van der Waals surface area contributed by atoms with Gasteiger partial charge in [0.2, 0.25) is 5.91 Å². The van der Waals surface area contributed by atoms with Gasteiger partial charge in [0, 0.05) is 18.2 Å². The van der Waals surface area contributed by atoms with Gasteiger partial charge in [0.1, 0.15) is 0 Å². The number of hydrogen-bond acceptors (Lipinski definition) is 4. The SMILES string of the molecule is COC[C@H](NC(=O)Cc1cccs1)c1ccccn1. The molecule has 100 valence electrons. The zero-order chi connectivity index (χ0) is 13.5. The van der Waals surface area contributed by atoms with E-state index in [0.717, 1.165) is 10.6 Å². The first-order chi connectivity index (χ1) is 9.29. The lowest BCUT2D eigenvalue weighted by Crippen LogP contribution is -2.32. The summed E-state index contributed by atoms with van der Waals surface area (Å²) in [7, 11) is 1.61. The summed E-state index contributed by atoms with van der Waals surface area (Å²) in [5.74, 6) is -0.0184. The average molecular weight is 276 g/mol. The number of pyridine rings is 1. The van der Waals surface area contributed by atoms with Crippen LogP contribution in [0.3, 0.4) is 0 Å². The number of nitrogens with zero attached hydrogens (tertiary/aromatic N) is 1. The number of amides is 1. The molecule has 2 aromatic heterocycles. The van der Waals surface area contributed by atoms with Crippen LogP contribution in [0, 0.1) is 0 Å². The van der Waals surface area contributed by atoms with Crippen LogP contribution < -0.4 is 5.32 Å². The molecule has 0 aliphatic heterocycles. The minimum Gasteiger partial charge on any atom is -0.382 e. The van der Waals surface area contributed by atoms with Gasteiger partial charge in [-0.15, -0.1) is 11.3 Å². The van der Waals surface area contributed by atoms with E-state index in [1.165, 1.54) is 0 Å². The first kappa shape index (κ1) is 13.7. The Kier molecular flexibility index (Phi) is 5.06. The quantitative estimate of drug-likeness (QED) is 0.880. The number of carbonyl (C=O) groups excluding carboxylic acids is 1. The van der Waals surface area contributed by atoms with Crippen LogP contribution in [0.25, 0.3) is 0 Å². The number of ether oxygens (including phenoxy) is 1. The molecule has 0 saturated carbocycles. The van der Waals surface area contributed by atoms with Crippen LogP contribution in [0.1, 0.15) is 16.6 Å². The van der Waals surface area contributed by atoms with Crippen molar-refractivity contribution < 1.29 is 9.53 Å². The summed E-state index contributed by atoms with van der Waals surface area (Å²) < 4.78 is 5.14. The second-order valence-corrected chi connectivity index (χ2v) is 5.12. The lowest BCUT2D eigenvalue weighted by atomic mass is 10.2. The predicted molar refractivity (Wildman–Crippen MR) is 75.0 cm³/mol. The van der Waals surface area contributed by atoms with E-state index in [9.17, 15) is 4.79 Å². The van der Waals surface area contributed by atoms with Crippen molar-refractivity contribution in [1.29, 1.82) is 0 Å². The molecule has 0 unspecified atom stereocenters. The molecule has 1 atom stereocenters. The molecule has 2 aromatic rings. The van der Waals surface area contributed by atoms with Crippen molar-refractivity contribution in [2.24, 2.45) is 0 Å². The zero-order valence-electron chi connectivity index (χ0n) is 10.7. The highest BCUT2D eigenvalue weighted by Crippen LogP contribution is 2.12. The number of nitrogens with one attached hydrogen (secondary N) is 1. The van der Waals surface area contributed by atoms with E-state index >= 15 is 0 Å². The molecule has 0 bridgehead atoms. The maximum Gasteiger partial charge on any atom is 0.225 e. The molecule has 0 aromatic carbocycles. The van der Waals surface area contributed by atoms with Gasteiger partial charge in [-0.1, -0.05) is 12.1 Å². The van der Waals surface area contributed by atoms with E-state index in [4.69, 9.17) is 4.74 Å². The van der Waals surface area contributed by atoms with E-state index in [-0.39, 0.29) is 11.9 Å². The van der Waals surface area contributed by atoms with Crippen molar-refractivity contribution >= 4 is 17.2 Å². The van der Waals surface area contributed by atoms with Crippen LogP contribution in [0.4, 0.5) is 0 Å². The van der Waals surface area contributed by atoms with Gasteiger partial charge in [0.05, 0.1) is 24.8 Å². The van der Waals surface area contributed by atoms with E-state index < -0.39 is 0 Å². The molecule has 0 spiro atoms. The topological polar surface area (TPSA) is 51.2 Å². The summed E-state index contributed by atoms with van der Waals surface area (Å²) in [5, 5.41) is 4.92. The number of rotatable bonds is 6. The van der Waals surface area contributed by atoms with E-state index in [0.29, 0.717) is 13.0 Å². The molecule has 0 fully saturated rings. The van der Waals surface area contributed by atoms with Gasteiger partial charge < -0.3 is 10.1 Å². The van der Waals surface area contributed by atoms with E-state index in [2.05, 4.69) is 10.3 Å². The second kappa shape index (κ2) is 7.01.